The summed E-state index contributed by atoms with van der Waals surface area (Å²) in [6, 6.07) is 2.23. The Morgan fingerprint density at radius 3 is 3.21 bits per heavy atom. The highest BCUT2D eigenvalue weighted by atomic mass is 16.5. The Morgan fingerprint density at radius 1 is 1.58 bits per heavy atom. The maximum Gasteiger partial charge on any atom is 0.407 e. The monoisotopic (exact) mass is 263 g/mol. The van der Waals surface area contributed by atoms with Crippen molar-refractivity contribution < 1.29 is 14.6 Å². The number of carbonyl (C=O) groups is 1. The molecule has 102 valence electrons. The van der Waals surface area contributed by atoms with Crippen molar-refractivity contribution in [2.75, 3.05) is 25.1 Å². The summed E-state index contributed by atoms with van der Waals surface area (Å²) in [5.74, 6) is 0. The Labute approximate surface area is 111 Å². The summed E-state index contributed by atoms with van der Waals surface area (Å²) in [5.41, 5.74) is 3.00. The van der Waals surface area contributed by atoms with Gasteiger partial charge >= 0.3 is 6.09 Å². The molecule has 0 spiro atoms. The topological polar surface area (TPSA) is 74.7 Å². The summed E-state index contributed by atoms with van der Waals surface area (Å²) >= 11 is 0. The van der Waals surface area contributed by atoms with E-state index in [9.17, 15) is 4.79 Å². The van der Waals surface area contributed by atoms with E-state index in [1.165, 1.54) is 4.90 Å². The molecule has 6 heteroatoms. The minimum atomic E-state index is -0.871. The van der Waals surface area contributed by atoms with E-state index in [0.717, 1.165) is 30.0 Å². The summed E-state index contributed by atoms with van der Waals surface area (Å²) in [6.45, 7) is 2.42. The molecule has 1 atom stereocenters. The van der Waals surface area contributed by atoms with Crippen LogP contribution in [0.5, 0.6) is 0 Å². The molecule has 2 aliphatic rings. The molecule has 3 rings (SSSR count). The molecule has 0 radical (unpaired) electrons. The molecule has 6 nitrogen and oxygen atoms in total. The van der Waals surface area contributed by atoms with Crippen LogP contribution in [-0.4, -0.2) is 46.9 Å². The number of nitrogens with one attached hydrogen (secondary N) is 1. The molecule has 1 fully saturated rings. The van der Waals surface area contributed by atoms with Gasteiger partial charge in [-0.3, -0.25) is 4.98 Å². The lowest BCUT2D eigenvalue weighted by atomic mass is 10.0. The molecule has 2 aliphatic heterocycles. The lowest BCUT2D eigenvalue weighted by molar-refractivity contribution is 0.139. The lowest BCUT2D eigenvalue weighted by Crippen LogP contribution is -2.36. The largest absolute Gasteiger partial charge is 0.465 e. The van der Waals surface area contributed by atoms with E-state index >= 15 is 0 Å². The van der Waals surface area contributed by atoms with Gasteiger partial charge in [-0.1, -0.05) is 0 Å². The quantitative estimate of drug-likeness (QED) is 0.841. The van der Waals surface area contributed by atoms with E-state index in [1.807, 2.05) is 6.07 Å². The SMILES string of the molecule is O=C(O)N1CCc2nccc(NC3CCOC3)c2C1. The summed E-state index contributed by atoms with van der Waals surface area (Å²) in [5, 5.41) is 12.5. The predicted molar refractivity (Wildman–Crippen MR) is 69.2 cm³/mol. The van der Waals surface area contributed by atoms with Crippen LogP contribution in [0.1, 0.15) is 17.7 Å². The van der Waals surface area contributed by atoms with E-state index in [1.54, 1.807) is 6.20 Å². The van der Waals surface area contributed by atoms with Gasteiger partial charge in [-0.05, 0) is 12.5 Å². The Hall–Kier alpha value is -1.82. The summed E-state index contributed by atoms with van der Waals surface area (Å²) in [6.07, 6.45) is 2.58. The first-order valence-corrected chi connectivity index (χ1v) is 6.53. The van der Waals surface area contributed by atoms with Crippen molar-refractivity contribution in [3.63, 3.8) is 0 Å². The second kappa shape index (κ2) is 5.05. The number of rotatable bonds is 2. The number of hydrogen-bond donors (Lipinski definition) is 2. The van der Waals surface area contributed by atoms with Gasteiger partial charge in [0.15, 0.2) is 0 Å². The molecule has 1 aromatic rings. The Morgan fingerprint density at radius 2 is 2.47 bits per heavy atom. The Bertz CT molecular complexity index is 486. The number of carboxylic acid groups (broad SMARTS) is 1. The number of fused-ring (bicyclic) bond motifs is 1. The first-order chi connectivity index (χ1) is 9.24. The van der Waals surface area contributed by atoms with E-state index < -0.39 is 6.09 Å². The normalized spacial score (nSPS) is 22.1. The molecular weight excluding hydrogens is 246 g/mol. The number of pyridine rings is 1. The Balaban J connectivity index is 1.83. The second-order valence-electron chi connectivity index (χ2n) is 4.94. The van der Waals surface area contributed by atoms with E-state index in [4.69, 9.17) is 9.84 Å². The van der Waals surface area contributed by atoms with Gasteiger partial charge < -0.3 is 20.1 Å². The predicted octanol–water partition coefficient (Wildman–Crippen LogP) is 1.32. The van der Waals surface area contributed by atoms with E-state index in [2.05, 4.69) is 10.3 Å². The number of ether oxygens (including phenoxy) is 1. The van der Waals surface area contributed by atoms with Crippen molar-refractivity contribution >= 4 is 11.8 Å². The highest BCUT2D eigenvalue weighted by Gasteiger charge is 2.24. The average molecular weight is 263 g/mol. The van der Waals surface area contributed by atoms with E-state index in [-0.39, 0.29) is 0 Å². The molecule has 0 aliphatic carbocycles. The summed E-state index contributed by atoms with van der Waals surface area (Å²) in [7, 11) is 0. The number of amides is 1. The molecule has 0 bridgehead atoms. The molecule has 1 saturated heterocycles. The maximum atomic E-state index is 11.1. The molecule has 1 amide bonds. The third kappa shape index (κ3) is 2.49. The van der Waals surface area contributed by atoms with Gasteiger partial charge in [-0.25, -0.2) is 4.79 Å². The Kier molecular flexibility index (Phi) is 3.25. The molecule has 1 unspecified atom stereocenters. The van der Waals surface area contributed by atoms with Gasteiger partial charge in [0.25, 0.3) is 0 Å². The minimum absolute atomic E-state index is 0.312. The van der Waals surface area contributed by atoms with Crippen LogP contribution in [0.15, 0.2) is 12.3 Å². The maximum absolute atomic E-state index is 11.1. The zero-order valence-corrected chi connectivity index (χ0v) is 10.6. The van der Waals surface area contributed by atoms with Crippen LogP contribution >= 0.6 is 0 Å². The third-order valence-electron chi connectivity index (χ3n) is 3.67. The van der Waals surface area contributed by atoms with Crippen molar-refractivity contribution in [2.24, 2.45) is 0 Å². The van der Waals surface area contributed by atoms with Crippen LogP contribution in [-0.2, 0) is 17.7 Å². The average Bonchev–Trinajstić information content (AvgIpc) is 2.91. The molecule has 2 N–H and O–H groups in total. The zero-order chi connectivity index (χ0) is 13.2. The zero-order valence-electron chi connectivity index (χ0n) is 10.6. The number of nitrogens with zero attached hydrogens (tertiary/aromatic N) is 2. The first kappa shape index (κ1) is 12.2. The van der Waals surface area contributed by atoms with Crippen molar-refractivity contribution in [1.82, 2.24) is 9.88 Å². The fraction of sp³-hybridized carbons (Fsp3) is 0.538. The molecular formula is C13H17N3O3. The standard InChI is InChI=1S/C13H17N3O3/c17-13(18)16-5-2-11-10(7-16)12(1-4-14-11)15-9-3-6-19-8-9/h1,4,9H,2-3,5-8H2,(H,14,15)(H,17,18). The van der Waals surface area contributed by atoms with Crippen molar-refractivity contribution in [3.8, 4) is 0 Å². The van der Waals surface area contributed by atoms with Crippen LogP contribution in [0.4, 0.5) is 10.5 Å². The highest BCUT2D eigenvalue weighted by molar-refractivity contribution is 5.66. The smallest absolute Gasteiger partial charge is 0.407 e. The second-order valence-corrected chi connectivity index (χ2v) is 4.94. The molecule has 19 heavy (non-hydrogen) atoms. The highest BCUT2D eigenvalue weighted by Crippen LogP contribution is 2.26. The number of anilines is 1. The molecule has 1 aromatic heterocycles. The fourth-order valence-corrected chi connectivity index (χ4v) is 2.61. The van der Waals surface area contributed by atoms with Crippen LogP contribution in [0.3, 0.4) is 0 Å². The van der Waals surface area contributed by atoms with Crippen molar-refractivity contribution in [3.05, 3.63) is 23.5 Å². The van der Waals surface area contributed by atoms with Gasteiger partial charge in [-0.2, -0.15) is 0 Å². The van der Waals surface area contributed by atoms with Gasteiger partial charge in [0.05, 0.1) is 19.2 Å². The fourth-order valence-electron chi connectivity index (χ4n) is 2.61. The van der Waals surface area contributed by atoms with Gasteiger partial charge in [-0.15, -0.1) is 0 Å². The first-order valence-electron chi connectivity index (χ1n) is 6.53. The number of aromatic nitrogens is 1. The van der Waals surface area contributed by atoms with Crippen LogP contribution < -0.4 is 5.32 Å². The lowest BCUT2D eigenvalue weighted by Gasteiger charge is -2.28. The molecule has 0 saturated carbocycles. The van der Waals surface area contributed by atoms with Crippen LogP contribution in [0, 0.1) is 0 Å². The van der Waals surface area contributed by atoms with Crippen molar-refractivity contribution in [2.45, 2.75) is 25.4 Å². The summed E-state index contributed by atoms with van der Waals surface area (Å²) < 4.78 is 5.35. The molecule has 0 aromatic carbocycles. The third-order valence-corrected chi connectivity index (χ3v) is 3.67. The van der Waals surface area contributed by atoms with Gasteiger partial charge in [0.1, 0.15) is 0 Å². The van der Waals surface area contributed by atoms with Crippen LogP contribution in [0.2, 0.25) is 0 Å². The molecule has 3 heterocycles. The minimum Gasteiger partial charge on any atom is -0.465 e. The van der Waals surface area contributed by atoms with Gasteiger partial charge in [0, 0.05) is 42.7 Å². The number of hydrogen-bond acceptors (Lipinski definition) is 4. The van der Waals surface area contributed by atoms with Crippen molar-refractivity contribution in [1.29, 1.82) is 0 Å². The summed E-state index contributed by atoms with van der Waals surface area (Å²) in [4.78, 5) is 16.9. The van der Waals surface area contributed by atoms with Gasteiger partial charge in [0.2, 0.25) is 0 Å². The van der Waals surface area contributed by atoms with Crippen LogP contribution in [0.25, 0.3) is 0 Å². The van der Waals surface area contributed by atoms with E-state index in [0.29, 0.717) is 32.2 Å².